The molecule has 1 aromatic heterocycles. The number of rotatable bonds is 3. The van der Waals surface area contributed by atoms with Gasteiger partial charge in [0.25, 0.3) is 10.0 Å². The molecule has 0 fully saturated rings. The van der Waals surface area contributed by atoms with Crippen LogP contribution < -0.4 is 0 Å². The van der Waals surface area contributed by atoms with Crippen molar-refractivity contribution in [1.29, 1.82) is 5.26 Å². The normalized spacial score (nSPS) is 11.2. The van der Waals surface area contributed by atoms with Gasteiger partial charge in [-0.05, 0) is 30.3 Å². The van der Waals surface area contributed by atoms with Gasteiger partial charge in [-0.2, -0.15) is 5.26 Å². The Hall–Kier alpha value is -2.91. The minimum Gasteiger partial charge on any atom is -0.296 e. The second kappa shape index (κ2) is 5.13. The number of hydrogen-bond donors (Lipinski definition) is 0. The van der Waals surface area contributed by atoms with Gasteiger partial charge in [-0.3, -0.25) is 4.79 Å². The predicted molar refractivity (Wildman–Crippen MR) is 81.1 cm³/mol. The number of nitrogens with zero attached hydrogens (tertiary/aromatic N) is 2. The first-order chi connectivity index (χ1) is 10.6. The molecule has 0 amide bonds. The van der Waals surface area contributed by atoms with Crippen LogP contribution >= 0.6 is 0 Å². The van der Waals surface area contributed by atoms with Crippen LogP contribution in [0.3, 0.4) is 0 Å². The van der Waals surface area contributed by atoms with Crippen LogP contribution in [0.5, 0.6) is 0 Å². The molecule has 0 radical (unpaired) electrons. The van der Waals surface area contributed by atoms with E-state index >= 15 is 0 Å². The van der Waals surface area contributed by atoms with Crippen LogP contribution in [0.2, 0.25) is 0 Å². The number of fused-ring (bicyclic) bond motifs is 1. The van der Waals surface area contributed by atoms with Gasteiger partial charge in [0.15, 0.2) is 6.29 Å². The van der Waals surface area contributed by atoms with E-state index in [0.717, 1.165) is 3.97 Å². The van der Waals surface area contributed by atoms with Crippen molar-refractivity contribution in [2.75, 3.05) is 0 Å². The topological polar surface area (TPSA) is 79.9 Å². The Bertz CT molecular complexity index is 1010. The number of hydrogen-bond acceptors (Lipinski definition) is 4. The van der Waals surface area contributed by atoms with E-state index in [0.29, 0.717) is 22.8 Å². The molecule has 6 heteroatoms. The maximum atomic E-state index is 12.8. The van der Waals surface area contributed by atoms with E-state index in [9.17, 15) is 13.2 Å². The third-order valence-corrected chi connectivity index (χ3v) is 5.11. The van der Waals surface area contributed by atoms with Gasteiger partial charge in [-0.15, -0.1) is 0 Å². The first-order valence-electron chi connectivity index (χ1n) is 6.40. The first kappa shape index (κ1) is 14.0. The van der Waals surface area contributed by atoms with Crippen LogP contribution in [0.25, 0.3) is 10.9 Å². The molecule has 0 bridgehead atoms. The summed E-state index contributed by atoms with van der Waals surface area (Å²) in [5, 5.41) is 9.57. The molecule has 0 saturated heterocycles. The van der Waals surface area contributed by atoms with Crippen LogP contribution in [0.1, 0.15) is 16.1 Å². The third kappa shape index (κ3) is 2.00. The van der Waals surface area contributed by atoms with E-state index in [4.69, 9.17) is 5.26 Å². The van der Waals surface area contributed by atoms with Crippen molar-refractivity contribution >= 4 is 27.2 Å². The molecular weight excluding hydrogens is 300 g/mol. The zero-order valence-corrected chi connectivity index (χ0v) is 12.1. The molecule has 3 aromatic rings. The van der Waals surface area contributed by atoms with Crippen LogP contribution in [0, 0.1) is 11.3 Å². The molecule has 2 aromatic carbocycles. The van der Waals surface area contributed by atoms with Crippen molar-refractivity contribution in [3.8, 4) is 6.07 Å². The molecule has 0 aliphatic carbocycles. The minimum atomic E-state index is -3.91. The quantitative estimate of drug-likeness (QED) is 0.696. The lowest BCUT2D eigenvalue weighted by atomic mass is 10.1. The Morgan fingerprint density at radius 1 is 1.05 bits per heavy atom. The fourth-order valence-electron chi connectivity index (χ4n) is 2.37. The van der Waals surface area contributed by atoms with Crippen molar-refractivity contribution in [3.05, 3.63) is 65.9 Å². The van der Waals surface area contributed by atoms with Gasteiger partial charge in [0.1, 0.15) is 0 Å². The molecule has 3 rings (SSSR count). The molecule has 22 heavy (non-hydrogen) atoms. The zero-order chi connectivity index (χ0) is 15.7. The van der Waals surface area contributed by atoms with Crippen molar-refractivity contribution in [2.24, 2.45) is 0 Å². The molecule has 0 aliphatic rings. The lowest BCUT2D eigenvalue weighted by molar-refractivity contribution is 0.111. The lowest BCUT2D eigenvalue weighted by Crippen LogP contribution is -2.15. The molecule has 5 nitrogen and oxygen atoms in total. The number of carbonyl (C=O) groups excluding carboxylic acids is 1. The van der Waals surface area contributed by atoms with E-state index in [1.807, 2.05) is 6.07 Å². The van der Waals surface area contributed by atoms with Gasteiger partial charge in [0, 0.05) is 5.39 Å². The fraction of sp³-hybridized carbons (Fsp3) is 0. The summed E-state index contributed by atoms with van der Waals surface area (Å²) in [5.74, 6) is 0. The van der Waals surface area contributed by atoms with Gasteiger partial charge >= 0.3 is 0 Å². The average molecular weight is 310 g/mol. The zero-order valence-electron chi connectivity index (χ0n) is 11.3. The molecule has 0 spiro atoms. The molecule has 0 aliphatic heterocycles. The van der Waals surface area contributed by atoms with E-state index in [-0.39, 0.29) is 10.6 Å². The number of aldehydes is 1. The summed E-state index contributed by atoms with van der Waals surface area (Å²) in [7, 11) is -3.91. The monoisotopic (exact) mass is 310 g/mol. The smallest absolute Gasteiger partial charge is 0.268 e. The van der Waals surface area contributed by atoms with Crippen LogP contribution in [0.4, 0.5) is 0 Å². The summed E-state index contributed by atoms with van der Waals surface area (Å²) in [5.41, 5.74) is 0.620. The van der Waals surface area contributed by atoms with Crippen molar-refractivity contribution in [1.82, 2.24) is 3.97 Å². The highest BCUT2D eigenvalue weighted by molar-refractivity contribution is 7.90. The summed E-state index contributed by atoms with van der Waals surface area (Å²) in [6, 6.07) is 16.0. The van der Waals surface area contributed by atoms with E-state index in [1.54, 1.807) is 36.4 Å². The van der Waals surface area contributed by atoms with Gasteiger partial charge in [-0.25, -0.2) is 12.4 Å². The summed E-state index contributed by atoms with van der Waals surface area (Å²) < 4.78 is 26.6. The van der Waals surface area contributed by atoms with E-state index in [1.165, 1.54) is 18.2 Å². The predicted octanol–water partition coefficient (Wildman–Crippen LogP) is 2.56. The Kier molecular flexibility index (Phi) is 3.28. The Balaban J connectivity index is 2.41. The molecule has 108 valence electrons. The van der Waals surface area contributed by atoms with Gasteiger partial charge < -0.3 is 0 Å². The molecular formula is C16H10N2O3S. The van der Waals surface area contributed by atoms with Crippen LogP contribution in [-0.4, -0.2) is 18.7 Å². The molecule has 0 N–H and O–H groups in total. The second-order valence-corrected chi connectivity index (χ2v) is 6.41. The van der Waals surface area contributed by atoms with E-state index in [2.05, 4.69) is 0 Å². The molecule has 0 saturated carbocycles. The lowest BCUT2D eigenvalue weighted by Gasteiger charge is -2.09. The van der Waals surface area contributed by atoms with Gasteiger partial charge in [0.2, 0.25) is 0 Å². The number of aromatic nitrogens is 1. The largest absolute Gasteiger partial charge is 0.296 e. The first-order valence-corrected chi connectivity index (χ1v) is 7.84. The molecule has 0 atom stereocenters. The Morgan fingerprint density at radius 3 is 2.41 bits per heavy atom. The summed E-state index contributed by atoms with van der Waals surface area (Å²) >= 11 is 0. The van der Waals surface area contributed by atoms with Crippen LogP contribution in [-0.2, 0) is 10.0 Å². The standard InChI is InChI=1S/C16H10N2O3S/c17-10-12-5-4-8-16-15(12)9-13(11-19)18(16)22(20,21)14-6-2-1-3-7-14/h1-9,11H. The minimum absolute atomic E-state index is 0.0125. The Morgan fingerprint density at radius 2 is 1.77 bits per heavy atom. The van der Waals surface area contributed by atoms with Crippen LogP contribution in [0.15, 0.2) is 59.5 Å². The van der Waals surface area contributed by atoms with E-state index < -0.39 is 10.0 Å². The third-order valence-electron chi connectivity index (χ3n) is 3.35. The van der Waals surface area contributed by atoms with Gasteiger partial charge in [-0.1, -0.05) is 24.3 Å². The SMILES string of the molecule is N#Cc1cccc2c1cc(C=O)n2S(=O)(=O)c1ccccc1. The highest BCUT2D eigenvalue weighted by Gasteiger charge is 2.23. The highest BCUT2D eigenvalue weighted by Crippen LogP contribution is 2.27. The fourth-order valence-corrected chi connectivity index (χ4v) is 3.88. The summed E-state index contributed by atoms with van der Waals surface area (Å²) in [4.78, 5) is 11.4. The van der Waals surface area contributed by atoms with Crippen molar-refractivity contribution < 1.29 is 13.2 Å². The second-order valence-electron chi connectivity index (χ2n) is 4.62. The van der Waals surface area contributed by atoms with Crippen molar-refractivity contribution in [2.45, 2.75) is 4.90 Å². The summed E-state index contributed by atoms with van der Waals surface area (Å²) in [6.07, 6.45) is 0.474. The Labute approximate surface area is 127 Å². The number of carbonyl (C=O) groups is 1. The number of nitriles is 1. The van der Waals surface area contributed by atoms with Gasteiger partial charge in [0.05, 0.1) is 27.7 Å². The molecule has 0 unspecified atom stereocenters. The van der Waals surface area contributed by atoms with Crippen molar-refractivity contribution in [3.63, 3.8) is 0 Å². The maximum Gasteiger partial charge on any atom is 0.268 e. The number of benzene rings is 2. The maximum absolute atomic E-state index is 12.8. The highest BCUT2D eigenvalue weighted by atomic mass is 32.2. The average Bonchev–Trinajstić information content (AvgIpc) is 2.94. The summed E-state index contributed by atoms with van der Waals surface area (Å²) in [6.45, 7) is 0. The molecule has 1 heterocycles.